The molecule has 0 atom stereocenters. The first-order valence-corrected chi connectivity index (χ1v) is 3.82. The molecule has 1 aromatic rings. The number of esters is 1. The molecule has 5 nitrogen and oxygen atoms in total. The van der Waals surface area contributed by atoms with E-state index in [1.165, 1.54) is 7.11 Å². The lowest BCUT2D eigenvalue weighted by molar-refractivity contribution is -0.138. The molecule has 0 bridgehead atoms. The summed E-state index contributed by atoms with van der Waals surface area (Å²) in [6.45, 7) is 1.90. The van der Waals surface area contributed by atoms with Crippen LogP contribution in [-0.2, 0) is 9.53 Å². The lowest BCUT2D eigenvalue weighted by atomic mass is 10.5. The number of nitrogens with one attached hydrogen (secondary N) is 1. The van der Waals surface area contributed by atoms with Crippen molar-refractivity contribution in [3.8, 4) is 0 Å². The fraction of sp³-hybridized carbons (Fsp3) is 0.375. The van der Waals surface area contributed by atoms with Gasteiger partial charge in [0, 0.05) is 6.20 Å². The Hall–Kier alpha value is -1.65. The summed E-state index contributed by atoms with van der Waals surface area (Å²) < 4.78 is 4.46. The van der Waals surface area contributed by atoms with Gasteiger partial charge in [-0.3, -0.25) is 4.79 Å². The fourth-order valence-electron chi connectivity index (χ4n) is 0.790. The number of aromatic nitrogens is 2. The van der Waals surface area contributed by atoms with E-state index >= 15 is 0 Å². The number of ether oxygens (including phenoxy) is 1. The van der Waals surface area contributed by atoms with Crippen molar-refractivity contribution >= 4 is 11.8 Å². The summed E-state index contributed by atoms with van der Waals surface area (Å²) in [6.07, 6.45) is 1.63. The van der Waals surface area contributed by atoms with Crippen LogP contribution in [0.3, 0.4) is 0 Å². The molecule has 0 aliphatic carbocycles. The minimum absolute atomic E-state index is 0.118. The van der Waals surface area contributed by atoms with Crippen molar-refractivity contribution in [2.24, 2.45) is 0 Å². The summed E-state index contributed by atoms with van der Waals surface area (Å²) in [5, 5.41) is 2.81. The van der Waals surface area contributed by atoms with Gasteiger partial charge in [-0.2, -0.15) is 0 Å². The zero-order valence-electron chi connectivity index (χ0n) is 7.57. The standard InChI is InChI=1S/C8H11N3O2/c1-6-9-4-3-7(11-6)10-5-8(12)13-2/h3-4H,5H2,1-2H3,(H,9,10,11). The summed E-state index contributed by atoms with van der Waals surface area (Å²) in [7, 11) is 1.34. The van der Waals surface area contributed by atoms with E-state index in [1.807, 2.05) is 0 Å². The Balaban J connectivity index is 2.50. The van der Waals surface area contributed by atoms with Crippen LogP contribution in [0, 0.1) is 6.92 Å². The van der Waals surface area contributed by atoms with E-state index in [2.05, 4.69) is 20.0 Å². The highest BCUT2D eigenvalue weighted by molar-refractivity contribution is 5.74. The van der Waals surface area contributed by atoms with Gasteiger partial charge in [-0.1, -0.05) is 0 Å². The second-order valence-electron chi connectivity index (χ2n) is 2.42. The van der Waals surface area contributed by atoms with Crippen molar-refractivity contribution in [1.29, 1.82) is 0 Å². The Kier molecular flexibility index (Phi) is 3.19. The number of hydrogen-bond donors (Lipinski definition) is 1. The molecule has 13 heavy (non-hydrogen) atoms. The van der Waals surface area contributed by atoms with E-state index < -0.39 is 0 Å². The van der Waals surface area contributed by atoms with Gasteiger partial charge in [-0.25, -0.2) is 9.97 Å². The number of methoxy groups -OCH3 is 1. The molecular formula is C8H11N3O2. The molecule has 0 aliphatic heterocycles. The number of hydrogen-bond acceptors (Lipinski definition) is 5. The van der Waals surface area contributed by atoms with Crippen LogP contribution in [-0.4, -0.2) is 29.6 Å². The number of anilines is 1. The second kappa shape index (κ2) is 4.39. The van der Waals surface area contributed by atoms with Crippen molar-refractivity contribution in [2.45, 2.75) is 6.92 Å². The predicted molar refractivity (Wildman–Crippen MR) is 47.3 cm³/mol. The Bertz CT molecular complexity index is 301. The molecule has 70 valence electrons. The van der Waals surface area contributed by atoms with Crippen LogP contribution in [0.4, 0.5) is 5.82 Å². The van der Waals surface area contributed by atoms with Gasteiger partial charge in [-0.05, 0) is 13.0 Å². The molecule has 0 radical (unpaired) electrons. The van der Waals surface area contributed by atoms with Crippen LogP contribution in [0.25, 0.3) is 0 Å². The quantitative estimate of drug-likeness (QED) is 0.682. The molecule has 1 aromatic heterocycles. The molecule has 1 heterocycles. The molecule has 0 amide bonds. The zero-order chi connectivity index (χ0) is 9.68. The Morgan fingerprint density at radius 1 is 1.69 bits per heavy atom. The van der Waals surface area contributed by atoms with Gasteiger partial charge in [0.2, 0.25) is 0 Å². The van der Waals surface area contributed by atoms with E-state index in [4.69, 9.17) is 0 Å². The highest BCUT2D eigenvalue weighted by Crippen LogP contribution is 1.99. The third-order valence-electron chi connectivity index (χ3n) is 1.42. The van der Waals surface area contributed by atoms with E-state index in [0.29, 0.717) is 11.6 Å². The van der Waals surface area contributed by atoms with Crippen molar-refractivity contribution in [3.63, 3.8) is 0 Å². The molecule has 0 saturated heterocycles. The van der Waals surface area contributed by atoms with Gasteiger partial charge >= 0.3 is 5.97 Å². The van der Waals surface area contributed by atoms with E-state index in [0.717, 1.165) is 0 Å². The van der Waals surface area contributed by atoms with Gasteiger partial charge in [0.1, 0.15) is 18.2 Å². The van der Waals surface area contributed by atoms with Gasteiger partial charge in [0.05, 0.1) is 7.11 Å². The number of nitrogens with zero attached hydrogens (tertiary/aromatic N) is 2. The van der Waals surface area contributed by atoms with Crippen molar-refractivity contribution in [2.75, 3.05) is 19.0 Å². The maximum Gasteiger partial charge on any atom is 0.325 e. The molecular weight excluding hydrogens is 170 g/mol. The SMILES string of the molecule is COC(=O)CNc1ccnc(C)n1. The summed E-state index contributed by atoms with van der Waals surface area (Å²) in [6, 6.07) is 1.69. The topological polar surface area (TPSA) is 64.1 Å². The molecule has 0 saturated carbocycles. The lowest BCUT2D eigenvalue weighted by Gasteiger charge is -2.03. The average molecular weight is 181 g/mol. The first-order chi connectivity index (χ1) is 6.22. The Morgan fingerprint density at radius 2 is 2.46 bits per heavy atom. The Morgan fingerprint density at radius 3 is 3.08 bits per heavy atom. The Labute approximate surface area is 76.2 Å². The highest BCUT2D eigenvalue weighted by atomic mass is 16.5. The summed E-state index contributed by atoms with van der Waals surface area (Å²) in [5.74, 6) is 0.962. The largest absolute Gasteiger partial charge is 0.468 e. The molecule has 0 spiro atoms. The maximum atomic E-state index is 10.7. The van der Waals surface area contributed by atoms with E-state index in [-0.39, 0.29) is 12.5 Å². The summed E-state index contributed by atoms with van der Waals surface area (Å²) in [4.78, 5) is 18.7. The predicted octanol–water partition coefficient (Wildman–Crippen LogP) is 0.370. The van der Waals surface area contributed by atoms with Gasteiger partial charge in [0.15, 0.2) is 0 Å². The smallest absolute Gasteiger partial charge is 0.325 e. The third-order valence-corrected chi connectivity index (χ3v) is 1.42. The minimum atomic E-state index is -0.323. The van der Waals surface area contributed by atoms with Crippen molar-refractivity contribution in [1.82, 2.24) is 9.97 Å². The van der Waals surface area contributed by atoms with Crippen LogP contribution in [0.2, 0.25) is 0 Å². The lowest BCUT2D eigenvalue weighted by Crippen LogP contribution is -2.15. The third kappa shape index (κ3) is 3.06. The molecule has 0 aliphatic rings. The van der Waals surface area contributed by atoms with E-state index in [9.17, 15) is 4.79 Å². The first-order valence-electron chi connectivity index (χ1n) is 3.82. The molecule has 5 heteroatoms. The number of carbonyl (C=O) groups is 1. The van der Waals surface area contributed by atoms with Crippen LogP contribution >= 0.6 is 0 Å². The molecule has 1 N–H and O–H groups in total. The van der Waals surface area contributed by atoms with Crippen LogP contribution in [0.15, 0.2) is 12.3 Å². The van der Waals surface area contributed by atoms with Crippen molar-refractivity contribution in [3.05, 3.63) is 18.1 Å². The fourth-order valence-corrected chi connectivity index (χ4v) is 0.790. The molecule has 0 fully saturated rings. The van der Waals surface area contributed by atoms with Gasteiger partial charge in [-0.15, -0.1) is 0 Å². The minimum Gasteiger partial charge on any atom is -0.468 e. The monoisotopic (exact) mass is 181 g/mol. The summed E-state index contributed by atoms with van der Waals surface area (Å²) in [5.41, 5.74) is 0. The van der Waals surface area contributed by atoms with E-state index in [1.54, 1.807) is 19.2 Å². The molecule has 0 aromatic carbocycles. The van der Waals surface area contributed by atoms with Gasteiger partial charge in [0.25, 0.3) is 0 Å². The van der Waals surface area contributed by atoms with Crippen LogP contribution in [0.5, 0.6) is 0 Å². The average Bonchev–Trinajstić information content (AvgIpc) is 2.14. The highest BCUT2D eigenvalue weighted by Gasteiger charge is 1.99. The van der Waals surface area contributed by atoms with Crippen molar-refractivity contribution < 1.29 is 9.53 Å². The number of aryl methyl sites for hydroxylation is 1. The second-order valence-corrected chi connectivity index (χ2v) is 2.42. The molecule has 1 rings (SSSR count). The zero-order valence-corrected chi connectivity index (χ0v) is 7.57. The van der Waals surface area contributed by atoms with Gasteiger partial charge < -0.3 is 10.1 Å². The number of carbonyl (C=O) groups excluding carboxylic acids is 1. The molecule has 0 unspecified atom stereocenters. The van der Waals surface area contributed by atoms with Crippen LogP contribution in [0.1, 0.15) is 5.82 Å². The number of rotatable bonds is 3. The summed E-state index contributed by atoms with van der Waals surface area (Å²) >= 11 is 0. The first kappa shape index (κ1) is 9.44. The normalized spacial score (nSPS) is 9.38. The maximum absolute atomic E-state index is 10.7. The van der Waals surface area contributed by atoms with Crippen LogP contribution < -0.4 is 5.32 Å².